The Morgan fingerprint density at radius 2 is 2.05 bits per heavy atom. The number of amides is 1. The number of fused-ring (bicyclic) bond motifs is 1. The van der Waals surface area contributed by atoms with E-state index in [9.17, 15) is 4.79 Å². The predicted molar refractivity (Wildman–Crippen MR) is 76.5 cm³/mol. The van der Waals surface area contributed by atoms with Gasteiger partial charge in [0.2, 0.25) is 0 Å². The molecule has 0 bridgehead atoms. The number of nitrogens with zero attached hydrogens (tertiary/aromatic N) is 1. The average Bonchev–Trinajstić information content (AvgIpc) is 2.99. The Bertz CT molecular complexity index is 478. The topological polar surface area (TPSA) is 32.3 Å². The van der Waals surface area contributed by atoms with Gasteiger partial charge in [0.1, 0.15) is 0 Å². The lowest BCUT2D eigenvalue weighted by atomic mass is 9.90. The van der Waals surface area contributed by atoms with Crippen molar-refractivity contribution in [2.45, 2.75) is 38.1 Å². The summed E-state index contributed by atoms with van der Waals surface area (Å²) in [6.07, 6.45) is 5.91. The summed E-state index contributed by atoms with van der Waals surface area (Å²) in [5.74, 6) is 0.169. The molecule has 1 aliphatic heterocycles. The molecule has 3 nitrogen and oxygen atoms in total. The molecule has 1 fully saturated rings. The zero-order valence-corrected chi connectivity index (χ0v) is 11.6. The summed E-state index contributed by atoms with van der Waals surface area (Å²) in [5, 5.41) is 3.32. The number of benzene rings is 1. The third kappa shape index (κ3) is 2.52. The first-order valence-corrected chi connectivity index (χ1v) is 7.35. The molecule has 19 heavy (non-hydrogen) atoms. The number of nitrogens with one attached hydrogen (secondary N) is 1. The van der Waals surface area contributed by atoms with Crippen LogP contribution in [-0.4, -0.2) is 37.0 Å². The fourth-order valence-corrected chi connectivity index (χ4v) is 3.21. The minimum absolute atomic E-state index is 0.169. The first-order chi connectivity index (χ1) is 9.25. The van der Waals surface area contributed by atoms with Crippen molar-refractivity contribution in [3.05, 3.63) is 34.9 Å². The second kappa shape index (κ2) is 5.33. The summed E-state index contributed by atoms with van der Waals surface area (Å²) in [6, 6.07) is 6.63. The summed E-state index contributed by atoms with van der Waals surface area (Å²) >= 11 is 0. The van der Waals surface area contributed by atoms with E-state index in [4.69, 9.17) is 0 Å². The van der Waals surface area contributed by atoms with Crippen LogP contribution in [0, 0.1) is 0 Å². The molecule has 1 atom stereocenters. The molecule has 0 spiro atoms. The van der Waals surface area contributed by atoms with Crippen molar-refractivity contribution in [3.8, 4) is 0 Å². The van der Waals surface area contributed by atoms with Crippen LogP contribution < -0.4 is 5.32 Å². The molecule has 102 valence electrons. The number of likely N-dealkylation sites (N-methyl/N-ethyl adjacent to an activating group) is 1. The number of aryl methyl sites for hydroxylation is 2. The molecule has 0 aromatic heterocycles. The molecule has 1 heterocycles. The molecule has 2 aliphatic rings. The van der Waals surface area contributed by atoms with Gasteiger partial charge in [0.15, 0.2) is 0 Å². The largest absolute Gasteiger partial charge is 0.337 e. The van der Waals surface area contributed by atoms with Crippen molar-refractivity contribution >= 4 is 5.91 Å². The molecule has 0 saturated carbocycles. The molecule has 3 heteroatoms. The highest BCUT2D eigenvalue weighted by Crippen LogP contribution is 2.23. The van der Waals surface area contributed by atoms with Crippen molar-refractivity contribution < 1.29 is 4.79 Å². The molecule has 1 aromatic rings. The monoisotopic (exact) mass is 258 g/mol. The van der Waals surface area contributed by atoms with Gasteiger partial charge in [0.05, 0.1) is 0 Å². The summed E-state index contributed by atoms with van der Waals surface area (Å²) in [5.41, 5.74) is 3.68. The Morgan fingerprint density at radius 1 is 1.26 bits per heavy atom. The molecule has 1 aliphatic carbocycles. The minimum Gasteiger partial charge on any atom is -0.337 e. The normalized spacial score (nSPS) is 22.1. The zero-order valence-electron chi connectivity index (χ0n) is 11.6. The van der Waals surface area contributed by atoms with E-state index in [-0.39, 0.29) is 5.91 Å². The van der Waals surface area contributed by atoms with Gasteiger partial charge in [-0.3, -0.25) is 4.79 Å². The van der Waals surface area contributed by atoms with E-state index < -0.39 is 0 Å². The van der Waals surface area contributed by atoms with E-state index >= 15 is 0 Å². The fourth-order valence-electron chi connectivity index (χ4n) is 3.21. The first-order valence-electron chi connectivity index (χ1n) is 7.35. The van der Waals surface area contributed by atoms with E-state index in [1.54, 1.807) is 0 Å². The maximum Gasteiger partial charge on any atom is 0.253 e. The molecule has 3 rings (SSSR count). The highest BCUT2D eigenvalue weighted by Gasteiger charge is 2.24. The van der Waals surface area contributed by atoms with Crippen LogP contribution in [-0.2, 0) is 12.8 Å². The van der Waals surface area contributed by atoms with Gasteiger partial charge in [-0.25, -0.2) is 0 Å². The summed E-state index contributed by atoms with van der Waals surface area (Å²) in [4.78, 5) is 14.4. The molecule has 1 N–H and O–H groups in total. The van der Waals surface area contributed by atoms with Crippen molar-refractivity contribution in [3.63, 3.8) is 0 Å². The Hall–Kier alpha value is -1.35. The third-order valence-electron chi connectivity index (χ3n) is 4.50. The highest BCUT2D eigenvalue weighted by atomic mass is 16.2. The van der Waals surface area contributed by atoms with Crippen LogP contribution >= 0.6 is 0 Å². The van der Waals surface area contributed by atoms with E-state index in [2.05, 4.69) is 17.4 Å². The Labute approximate surface area is 115 Å². The number of carbonyl (C=O) groups is 1. The molecule has 1 aromatic carbocycles. The third-order valence-corrected chi connectivity index (χ3v) is 4.50. The highest BCUT2D eigenvalue weighted by molar-refractivity contribution is 5.94. The van der Waals surface area contributed by atoms with Gasteiger partial charge >= 0.3 is 0 Å². The maximum absolute atomic E-state index is 12.5. The lowest BCUT2D eigenvalue weighted by Gasteiger charge is -2.25. The van der Waals surface area contributed by atoms with Gasteiger partial charge in [-0.15, -0.1) is 0 Å². The van der Waals surface area contributed by atoms with Crippen LogP contribution in [0.2, 0.25) is 0 Å². The molecular weight excluding hydrogens is 236 g/mol. The number of carbonyl (C=O) groups excluding carboxylic acids is 1. The number of hydrogen-bond acceptors (Lipinski definition) is 2. The number of rotatable bonds is 2. The van der Waals surface area contributed by atoms with Crippen LogP contribution in [0.3, 0.4) is 0 Å². The van der Waals surface area contributed by atoms with Crippen molar-refractivity contribution in [2.24, 2.45) is 0 Å². The van der Waals surface area contributed by atoms with Gasteiger partial charge in [-0.05, 0) is 61.9 Å². The van der Waals surface area contributed by atoms with E-state index in [0.29, 0.717) is 6.04 Å². The van der Waals surface area contributed by atoms with Crippen LogP contribution in [0.25, 0.3) is 0 Å². The smallest absolute Gasteiger partial charge is 0.253 e. The van der Waals surface area contributed by atoms with Crippen LogP contribution in [0.5, 0.6) is 0 Å². The minimum atomic E-state index is 0.169. The molecule has 1 amide bonds. The van der Waals surface area contributed by atoms with Gasteiger partial charge in [-0.2, -0.15) is 0 Å². The van der Waals surface area contributed by atoms with E-state index in [1.165, 1.54) is 30.4 Å². The average molecular weight is 258 g/mol. The summed E-state index contributed by atoms with van der Waals surface area (Å²) in [6.45, 7) is 1.94. The van der Waals surface area contributed by atoms with Crippen LogP contribution in [0.15, 0.2) is 18.2 Å². The van der Waals surface area contributed by atoms with E-state index in [0.717, 1.165) is 31.5 Å². The maximum atomic E-state index is 12.5. The Kier molecular flexibility index (Phi) is 3.56. The lowest BCUT2D eigenvalue weighted by molar-refractivity contribution is 0.0743. The van der Waals surface area contributed by atoms with E-state index in [1.807, 2.05) is 18.0 Å². The number of hydrogen-bond donors (Lipinski definition) is 1. The summed E-state index contributed by atoms with van der Waals surface area (Å²) < 4.78 is 0. The molecular formula is C16H22N2O. The van der Waals surface area contributed by atoms with Crippen LogP contribution in [0.4, 0.5) is 0 Å². The SMILES string of the molecule is CN(C(=O)c1ccc2c(c1)CCCC2)C1CCNC1. The quantitative estimate of drug-likeness (QED) is 0.880. The standard InChI is InChI=1S/C16H22N2O/c1-18(15-8-9-17-11-15)16(19)14-7-6-12-4-2-3-5-13(12)10-14/h6-7,10,15,17H,2-5,8-9,11H2,1H3. The van der Waals surface area contributed by atoms with Gasteiger partial charge < -0.3 is 10.2 Å². The van der Waals surface area contributed by atoms with Crippen molar-refractivity contribution in [1.29, 1.82) is 0 Å². The van der Waals surface area contributed by atoms with Gasteiger partial charge in [0.25, 0.3) is 5.91 Å². The fraction of sp³-hybridized carbons (Fsp3) is 0.562. The second-order valence-corrected chi connectivity index (χ2v) is 5.75. The van der Waals surface area contributed by atoms with Crippen molar-refractivity contribution in [1.82, 2.24) is 10.2 Å². The summed E-state index contributed by atoms with van der Waals surface area (Å²) in [7, 11) is 1.93. The van der Waals surface area contributed by atoms with Crippen molar-refractivity contribution in [2.75, 3.05) is 20.1 Å². The van der Waals surface area contributed by atoms with Gasteiger partial charge in [0, 0.05) is 25.2 Å². The Balaban J connectivity index is 1.79. The molecule has 0 radical (unpaired) electrons. The first kappa shape index (κ1) is 12.7. The predicted octanol–water partition coefficient (Wildman–Crippen LogP) is 2.00. The van der Waals surface area contributed by atoms with Crippen LogP contribution in [0.1, 0.15) is 40.7 Å². The second-order valence-electron chi connectivity index (χ2n) is 5.75. The zero-order chi connectivity index (χ0) is 13.2. The molecule has 1 unspecified atom stereocenters. The van der Waals surface area contributed by atoms with Gasteiger partial charge in [-0.1, -0.05) is 6.07 Å². The molecule has 1 saturated heterocycles. The Morgan fingerprint density at radius 3 is 2.79 bits per heavy atom. The lowest BCUT2D eigenvalue weighted by Crippen LogP contribution is -2.38.